The lowest BCUT2D eigenvalue weighted by atomic mass is 9.91. The average molecular weight is 292 g/mol. The van der Waals surface area contributed by atoms with Crippen LogP contribution in [0, 0.1) is 5.41 Å². The maximum Gasteiger partial charge on any atom is 0.311 e. The van der Waals surface area contributed by atoms with Gasteiger partial charge >= 0.3 is 5.97 Å². The minimum atomic E-state index is -1.51. The van der Waals surface area contributed by atoms with E-state index in [9.17, 15) is 9.90 Å². The summed E-state index contributed by atoms with van der Waals surface area (Å²) >= 11 is 0. The van der Waals surface area contributed by atoms with Crippen molar-refractivity contribution in [3.05, 3.63) is 0 Å². The number of esters is 1. The fourth-order valence-electron chi connectivity index (χ4n) is 1.70. The van der Waals surface area contributed by atoms with Gasteiger partial charge in [-0.3, -0.25) is 4.79 Å². The largest absolute Gasteiger partial charge is 0.459 e. The molecule has 0 aliphatic rings. The molecule has 0 aromatic heterocycles. The zero-order valence-electron chi connectivity index (χ0n) is 13.3. The molecule has 0 amide bonds. The number of carbonyl (C=O) groups is 1. The third kappa shape index (κ3) is 7.79. The van der Waals surface area contributed by atoms with Gasteiger partial charge in [0.15, 0.2) is 6.29 Å². The van der Waals surface area contributed by atoms with E-state index >= 15 is 0 Å². The van der Waals surface area contributed by atoms with Crippen LogP contribution in [0.4, 0.5) is 0 Å². The topological polar surface area (TPSA) is 87.0 Å². The molecule has 6 nitrogen and oxygen atoms in total. The van der Waals surface area contributed by atoms with Crippen LogP contribution in [-0.2, 0) is 9.53 Å². The van der Waals surface area contributed by atoms with Crippen molar-refractivity contribution in [3.8, 4) is 0 Å². The molecule has 0 aromatic rings. The lowest BCUT2D eigenvalue weighted by molar-refractivity contribution is -0.893. The molecule has 1 unspecified atom stereocenters. The number of quaternary nitrogens is 1. The summed E-state index contributed by atoms with van der Waals surface area (Å²) in [6.07, 6.45) is -1.66. The van der Waals surface area contributed by atoms with Gasteiger partial charge in [-0.05, 0) is 20.3 Å². The highest BCUT2D eigenvalue weighted by Gasteiger charge is 2.28. The smallest absolute Gasteiger partial charge is 0.311 e. The summed E-state index contributed by atoms with van der Waals surface area (Å²) < 4.78 is 5.70. The van der Waals surface area contributed by atoms with Gasteiger partial charge in [0.25, 0.3) is 0 Å². The van der Waals surface area contributed by atoms with E-state index in [-0.39, 0.29) is 19.0 Å². The summed E-state index contributed by atoms with van der Waals surface area (Å²) in [5.74, 6) is -0.216. The van der Waals surface area contributed by atoms with Crippen LogP contribution in [-0.4, -0.2) is 72.0 Å². The number of ether oxygens (including phenoxy) is 1. The van der Waals surface area contributed by atoms with Crippen LogP contribution < -0.4 is 0 Å². The first-order valence-corrected chi connectivity index (χ1v) is 7.03. The lowest BCUT2D eigenvalue weighted by Crippen LogP contribution is -2.48. The molecular formula is C14H30NO5+. The maximum atomic E-state index is 11.8. The van der Waals surface area contributed by atoms with Crippen molar-refractivity contribution in [2.75, 3.05) is 33.8 Å². The average Bonchev–Trinajstić information content (AvgIpc) is 2.26. The molecular weight excluding hydrogens is 262 g/mol. The molecule has 0 aromatic carbocycles. The van der Waals surface area contributed by atoms with Crippen LogP contribution in [0.25, 0.3) is 0 Å². The third-order valence-electron chi connectivity index (χ3n) is 3.55. The molecule has 20 heavy (non-hydrogen) atoms. The number of aliphatic hydroxyl groups excluding tert-OH is 2. The van der Waals surface area contributed by atoms with Gasteiger partial charge in [-0.1, -0.05) is 6.92 Å². The minimum absolute atomic E-state index is 0.0790. The van der Waals surface area contributed by atoms with E-state index in [1.807, 2.05) is 34.9 Å². The van der Waals surface area contributed by atoms with Crippen LogP contribution in [0.2, 0.25) is 0 Å². The molecule has 0 radical (unpaired) electrons. The third-order valence-corrected chi connectivity index (χ3v) is 3.55. The molecule has 3 N–H and O–H groups in total. The number of carbonyl (C=O) groups excluding carboxylic acids is 1. The second kappa shape index (κ2) is 7.93. The van der Waals surface area contributed by atoms with Gasteiger partial charge < -0.3 is 24.5 Å². The van der Waals surface area contributed by atoms with Crippen LogP contribution in [0.5, 0.6) is 0 Å². The highest BCUT2D eigenvalue weighted by molar-refractivity contribution is 5.75. The fourth-order valence-corrected chi connectivity index (χ4v) is 1.70. The first kappa shape index (κ1) is 19.3. The molecule has 0 saturated carbocycles. The molecule has 6 heteroatoms. The molecule has 0 aliphatic carbocycles. The van der Waals surface area contributed by atoms with Crippen molar-refractivity contribution in [3.63, 3.8) is 0 Å². The molecule has 0 fully saturated rings. The van der Waals surface area contributed by atoms with Crippen molar-refractivity contribution in [1.82, 2.24) is 0 Å². The van der Waals surface area contributed by atoms with Crippen molar-refractivity contribution in [2.24, 2.45) is 5.41 Å². The monoisotopic (exact) mass is 292 g/mol. The lowest BCUT2D eigenvalue weighted by Gasteiger charge is -2.32. The Balaban J connectivity index is 4.14. The zero-order chi connectivity index (χ0) is 16.0. The number of hydrogen-bond donors (Lipinski definition) is 3. The maximum absolute atomic E-state index is 11.8. The summed E-state index contributed by atoms with van der Waals surface area (Å²) in [6, 6.07) is 0. The van der Waals surface area contributed by atoms with Crippen molar-refractivity contribution in [2.45, 2.75) is 46.0 Å². The van der Waals surface area contributed by atoms with Crippen molar-refractivity contribution >= 4 is 5.97 Å². The Morgan fingerprint density at radius 2 is 1.80 bits per heavy atom. The van der Waals surface area contributed by atoms with E-state index in [2.05, 4.69) is 0 Å². The minimum Gasteiger partial charge on any atom is -0.459 e. The standard InChI is InChI=1S/C14H30NO5/c1-6-14(2,3)13(19)20-8-7-15(4,5)10-11(16)9-12(17)18/h11-12,16-18H,6-10H2,1-5H3/q+1. The van der Waals surface area contributed by atoms with Gasteiger partial charge in [-0.15, -0.1) is 0 Å². The predicted molar refractivity (Wildman–Crippen MR) is 75.7 cm³/mol. The summed E-state index contributed by atoms with van der Waals surface area (Å²) in [5.41, 5.74) is -0.475. The zero-order valence-corrected chi connectivity index (χ0v) is 13.3. The molecule has 1 atom stereocenters. The predicted octanol–water partition coefficient (Wildman–Crippen LogP) is 0.104. The number of hydrogen-bond acceptors (Lipinski definition) is 5. The number of rotatable bonds is 9. The molecule has 0 rings (SSSR count). The quantitative estimate of drug-likeness (QED) is 0.319. The van der Waals surface area contributed by atoms with Gasteiger partial charge in [-0.2, -0.15) is 0 Å². The molecule has 0 bridgehead atoms. The van der Waals surface area contributed by atoms with E-state index in [1.165, 1.54) is 0 Å². The van der Waals surface area contributed by atoms with Gasteiger partial charge in [-0.25, -0.2) is 0 Å². The summed E-state index contributed by atoms with van der Waals surface area (Å²) in [6.45, 7) is 6.85. The van der Waals surface area contributed by atoms with Gasteiger partial charge in [0, 0.05) is 6.42 Å². The van der Waals surface area contributed by atoms with Gasteiger partial charge in [0.2, 0.25) is 0 Å². The fraction of sp³-hybridized carbons (Fsp3) is 0.929. The van der Waals surface area contributed by atoms with Crippen LogP contribution in [0.1, 0.15) is 33.6 Å². The highest BCUT2D eigenvalue weighted by Crippen LogP contribution is 2.21. The highest BCUT2D eigenvalue weighted by atomic mass is 16.5. The second-order valence-electron chi connectivity index (χ2n) is 6.59. The normalized spacial score (nSPS) is 14.4. The van der Waals surface area contributed by atoms with E-state index in [0.717, 1.165) is 6.42 Å². The molecule has 0 spiro atoms. The number of likely N-dealkylation sites (N-methyl/N-ethyl adjacent to an activating group) is 1. The Morgan fingerprint density at radius 3 is 2.25 bits per heavy atom. The van der Waals surface area contributed by atoms with Crippen molar-refractivity contribution < 1.29 is 29.3 Å². The molecule has 0 saturated heterocycles. The van der Waals surface area contributed by atoms with Gasteiger partial charge in [0.1, 0.15) is 25.8 Å². The Bertz CT molecular complexity index is 302. The Hall–Kier alpha value is -0.690. The Labute approximate surface area is 121 Å². The first-order valence-electron chi connectivity index (χ1n) is 7.03. The number of nitrogens with zero attached hydrogens (tertiary/aromatic N) is 1. The van der Waals surface area contributed by atoms with Crippen molar-refractivity contribution in [1.29, 1.82) is 0 Å². The van der Waals surface area contributed by atoms with E-state index in [0.29, 0.717) is 17.6 Å². The SMILES string of the molecule is CCC(C)(C)C(=O)OCC[N+](C)(C)CC(O)CC(O)O. The summed E-state index contributed by atoms with van der Waals surface area (Å²) in [4.78, 5) is 11.8. The number of aliphatic hydroxyl groups is 3. The summed E-state index contributed by atoms with van der Waals surface area (Å²) in [7, 11) is 3.79. The molecule has 120 valence electrons. The van der Waals surface area contributed by atoms with E-state index < -0.39 is 17.8 Å². The van der Waals surface area contributed by atoms with Crippen LogP contribution >= 0.6 is 0 Å². The summed E-state index contributed by atoms with van der Waals surface area (Å²) in [5, 5.41) is 27.3. The Kier molecular flexibility index (Phi) is 7.65. The van der Waals surface area contributed by atoms with Crippen LogP contribution in [0.3, 0.4) is 0 Å². The molecule has 0 heterocycles. The van der Waals surface area contributed by atoms with Crippen LogP contribution in [0.15, 0.2) is 0 Å². The second-order valence-corrected chi connectivity index (χ2v) is 6.59. The van der Waals surface area contributed by atoms with Gasteiger partial charge in [0.05, 0.1) is 19.5 Å². The molecule has 0 aliphatic heterocycles. The Morgan fingerprint density at radius 1 is 1.25 bits per heavy atom. The van der Waals surface area contributed by atoms with E-state index in [4.69, 9.17) is 14.9 Å². The van der Waals surface area contributed by atoms with E-state index in [1.54, 1.807) is 0 Å². The first-order chi connectivity index (χ1) is 9.00.